The summed E-state index contributed by atoms with van der Waals surface area (Å²) in [6, 6.07) is -0.837. The molecule has 5 nitrogen and oxygen atoms in total. The van der Waals surface area contributed by atoms with Gasteiger partial charge in [-0.1, -0.05) is 12.2 Å². The Morgan fingerprint density at radius 2 is 1.24 bits per heavy atom. The lowest BCUT2D eigenvalue weighted by atomic mass is 10.1. The number of benzene rings is 2. The average molecular weight is 527 g/mol. The van der Waals surface area contributed by atoms with E-state index < -0.39 is 82.4 Å². The molecule has 0 bridgehead atoms. The lowest BCUT2D eigenvalue weighted by Crippen LogP contribution is -2.33. The third-order valence-electron chi connectivity index (χ3n) is 3.85. The Bertz CT molecular complexity index is 1300. The molecular weight excluding hydrogens is 517 g/mol. The Kier molecular flexibility index (Phi) is 6.98. The fourth-order valence-corrected chi connectivity index (χ4v) is 5.58. The van der Waals surface area contributed by atoms with Gasteiger partial charge in [0.25, 0.3) is 20.0 Å². The summed E-state index contributed by atoms with van der Waals surface area (Å²) in [5.74, 6) is -6.26. The number of allylic oxidation sites excluding steroid dienone is 1. The van der Waals surface area contributed by atoms with Crippen LogP contribution in [-0.4, -0.2) is 16.8 Å². The molecule has 0 aromatic heterocycles. The second-order valence-electron chi connectivity index (χ2n) is 6.24. The van der Waals surface area contributed by atoms with Gasteiger partial charge in [0.05, 0.1) is 16.0 Å². The maximum absolute atomic E-state index is 14.4. The van der Waals surface area contributed by atoms with E-state index in [1.54, 1.807) is 0 Å². The lowest BCUT2D eigenvalue weighted by Gasteiger charge is -2.15. The first-order valence-corrected chi connectivity index (χ1v) is 11.2. The molecule has 1 N–H and O–H groups in total. The zero-order valence-corrected chi connectivity index (χ0v) is 17.4. The molecule has 0 aliphatic rings. The summed E-state index contributed by atoms with van der Waals surface area (Å²) in [6.45, 7) is 1.28. The van der Waals surface area contributed by atoms with E-state index in [-0.39, 0.29) is 18.2 Å². The van der Waals surface area contributed by atoms with Crippen molar-refractivity contribution in [3.05, 3.63) is 64.5 Å². The van der Waals surface area contributed by atoms with Gasteiger partial charge in [-0.05, 0) is 31.2 Å². The Balaban J connectivity index is 2.72. The van der Waals surface area contributed by atoms with Crippen molar-refractivity contribution >= 4 is 26.1 Å². The van der Waals surface area contributed by atoms with Gasteiger partial charge in [-0.25, -0.2) is 30.0 Å². The van der Waals surface area contributed by atoms with Crippen LogP contribution in [0.4, 0.5) is 39.5 Å². The highest BCUT2D eigenvalue weighted by Gasteiger charge is 2.40. The van der Waals surface area contributed by atoms with Crippen molar-refractivity contribution in [1.29, 1.82) is 0 Å². The van der Waals surface area contributed by atoms with Crippen LogP contribution in [0.1, 0.15) is 23.6 Å². The van der Waals surface area contributed by atoms with Crippen LogP contribution >= 0.6 is 0 Å². The third kappa shape index (κ3) is 5.67. The van der Waals surface area contributed by atoms with Gasteiger partial charge in [-0.2, -0.15) is 26.3 Å². The van der Waals surface area contributed by atoms with Crippen molar-refractivity contribution in [1.82, 2.24) is 4.13 Å². The van der Waals surface area contributed by atoms with Crippen molar-refractivity contribution in [2.45, 2.75) is 29.1 Å². The van der Waals surface area contributed by atoms with Gasteiger partial charge >= 0.3 is 12.4 Å². The molecule has 0 amide bonds. The lowest BCUT2D eigenvalue weighted by molar-refractivity contribution is -0.143. The summed E-state index contributed by atoms with van der Waals surface area (Å²) >= 11 is 0. The SMILES string of the molecule is C/C=C/c1cc(F)c(F)c(S(=O)(=O)NS(=O)(=O)c2cc(C(F)(F)F)cc(C(F)(F)F)c2)c1F. The normalized spacial score (nSPS) is 13.6. The molecule has 2 aromatic rings. The molecule has 16 heteroatoms. The molecule has 0 heterocycles. The van der Waals surface area contributed by atoms with E-state index in [1.807, 2.05) is 0 Å². The summed E-state index contributed by atoms with van der Waals surface area (Å²) in [5.41, 5.74) is -5.05. The summed E-state index contributed by atoms with van der Waals surface area (Å²) in [6.07, 6.45) is -9.09. The van der Waals surface area contributed by atoms with Crippen molar-refractivity contribution < 1.29 is 56.3 Å². The van der Waals surface area contributed by atoms with E-state index in [0.29, 0.717) is 4.13 Å². The van der Waals surface area contributed by atoms with Gasteiger partial charge < -0.3 is 0 Å². The van der Waals surface area contributed by atoms with E-state index in [0.717, 1.165) is 12.2 Å². The Hall–Kier alpha value is -2.59. The Labute approximate surface area is 180 Å². The molecule has 0 aliphatic carbocycles. The van der Waals surface area contributed by atoms with Gasteiger partial charge in [-0.15, -0.1) is 4.13 Å². The molecule has 182 valence electrons. The zero-order chi connectivity index (χ0) is 25.6. The largest absolute Gasteiger partial charge is 0.416 e. The van der Waals surface area contributed by atoms with Gasteiger partial charge in [0.1, 0.15) is 0 Å². The number of alkyl halides is 6. The summed E-state index contributed by atoms with van der Waals surface area (Å²) in [4.78, 5) is -3.98. The molecule has 0 saturated heterocycles. The number of rotatable bonds is 5. The average Bonchev–Trinajstić information content (AvgIpc) is 2.63. The van der Waals surface area contributed by atoms with Gasteiger partial charge in [0.15, 0.2) is 22.3 Å². The fourth-order valence-electron chi connectivity index (χ4n) is 2.45. The van der Waals surface area contributed by atoms with Gasteiger partial charge in [-0.3, -0.25) is 0 Å². The van der Waals surface area contributed by atoms with Crippen LogP contribution in [0.2, 0.25) is 0 Å². The minimum Gasteiger partial charge on any atom is -0.206 e. The monoisotopic (exact) mass is 527 g/mol. The van der Waals surface area contributed by atoms with Gasteiger partial charge in [0.2, 0.25) is 0 Å². The molecule has 0 radical (unpaired) electrons. The van der Waals surface area contributed by atoms with Crippen molar-refractivity contribution in [2.24, 2.45) is 0 Å². The van der Waals surface area contributed by atoms with Crippen molar-refractivity contribution in [3.63, 3.8) is 0 Å². The highest BCUT2D eigenvalue weighted by atomic mass is 32.3. The standard InChI is InChI=1S/C17H10F9NO4S2/c1-2-3-8-4-12(18)14(20)15(13(8)19)33(30,31)27-32(28,29)11-6-9(16(21,22)23)5-10(7-11)17(24,25)26/h2-7,27H,1H3/b3-2+. The van der Waals surface area contributed by atoms with E-state index in [2.05, 4.69) is 0 Å². The molecule has 33 heavy (non-hydrogen) atoms. The van der Waals surface area contributed by atoms with E-state index in [4.69, 9.17) is 0 Å². The number of nitrogens with one attached hydrogen (secondary N) is 1. The number of hydrogen-bond donors (Lipinski definition) is 1. The first-order chi connectivity index (χ1) is 14.8. The molecule has 2 aromatic carbocycles. The van der Waals surface area contributed by atoms with Crippen LogP contribution in [0, 0.1) is 17.5 Å². The second kappa shape index (κ2) is 8.64. The van der Waals surface area contributed by atoms with E-state index >= 15 is 0 Å². The number of sulfonamides is 2. The van der Waals surface area contributed by atoms with Crippen molar-refractivity contribution in [2.75, 3.05) is 0 Å². The molecule has 0 saturated carbocycles. The minimum absolute atomic E-state index is 0.237. The Morgan fingerprint density at radius 3 is 1.67 bits per heavy atom. The van der Waals surface area contributed by atoms with Gasteiger partial charge in [0, 0.05) is 5.56 Å². The first-order valence-electron chi connectivity index (χ1n) is 8.19. The van der Waals surface area contributed by atoms with Crippen LogP contribution in [0.25, 0.3) is 6.08 Å². The van der Waals surface area contributed by atoms with Crippen LogP contribution < -0.4 is 4.13 Å². The van der Waals surface area contributed by atoms with Crippen LogP contribution in [0.5, 0.6) is 0 Å². The number of hydrogen-bond acceptors (Lipinski definition) is 4. The molecule has 2 rings (SSSR count). The molecule has 0 unspecified atom stereocenters. The topological polar surface area (TPSA) is 80.3 Å². The minimum atomic E-state index is -5.91. The highest BCUT2D eigenvalue weighted by Crippen LogP contribution is 2.37. The summed E-state index contributed by atoms with van der Waals surface area (Å²) in [7, 11) is -11.7. The van der Waals surface area contributed by atoms with Crippen LogP contribution in [0.15, 0.2) is 40.1 Å². The zero-order valence-electron chi connectivity index (χ0n) is 15.8. The maximum atomic E-state index is 14.4. The molecule has 0 atom stereocenters. The molecule has 0 fully saturated rings. The third-order valence-corrected chi connectivity index (χ3v) is 7.36. The first kappa shape index (κ1) is 26.7. The predicted molar refractivity (Wildman–Crippen MR) is 95.0 cm³/mol. The van der Waals surface area contributed by atoms with Crippen LogP contribution in [0.3, 0.4) is 0 Å². The Morgan fingerprint density at radius 1 is 0.758 bits per heavy atom. The quantitative estimate of drug-likeness (QED) is 0.446. The maximum Gasteiger partial charge on any atom is 0.416 e. The summed E-state index contributed by atoms with van der Waals surface area (Å²) in [5, 5.41) is 0. The van der Waals surface area contributed by atoms with E-state index in [1.165, 1.54) is 6.92 Å². The smallest absolute Gasteiger partial charge is 0.206 e. The number of halogens is 9. The molecule has 0 spiro atoms. The molecule has 0 aliphatic heterocycles. The predicted octanol–water partition coefficient (Wildman–Crippen LogP) is 4.84. The highest BCUT2D eigenvalue weighted by molar-refractivity contribution is 8.04. The second-order valence-corrected chi connectivity index (χ2v) is 9.80. The van der Waals surface area contributed by atoms with Crippen LogP contribution in [-0.2, 0) is 32.4 Å². The van der Waals surface area contributed by atoms with E-state index in [9.17, 15) is 56.3 Å². The fraction of sp³-hybridized carbons (Fsp3) is 0.176. The van der Waals surface area contributed by atoms with Crippen molar-refractivity contribution in [3.8, 4) is 0 Å². The molecular formula is C17H10F9NO4S2. The summed E-state index contributed by atoms with van der Waals surface area (Å²) < 4.78 is 170.